The first kappa shape index (κ1) is 26.1. The number of ether oxygens (including phenoxy) is 2. The molecule has 0 fully saturated rings. The molecule has 5 aromatic rings. The van der Waals surface area contributed by atoms with E-state index in [0.29, 0.717) is 11.0 Å². The van der Waals surface area contributed by atoms with E-state index in [0.717, 1.165) is 6.07 Å². The standard InChI is InChI=1S/C24H22N8O8/c33-9-11-39-23-21(17-5-1-3-7-29(17)27-23)25-15-13-16(20(32(37)38)14-19(15)31(35)36)26-22-18-6-2-4-8-30(18)28-24(22)40-12-10-34/h1-8,13-14,25-26,33-34H,9-12H2. The summed E-state index contributed by atoms with van der Waals surface area (Å²) in [6.07, 6.45) is 3.28. The minimum absolute atomic E-state index is 0.0599. The molecule has 4 N–H and O–H groups in total. The predicted octanol–water partition coefficient (Wildman–Crippen LogP) is 3.03. The van der Waals surface area contributed by atoms with Crippen molar-refractivity contribution in [1.82, 2.24) is 19.2 Å². The lowest BCUT2D eigenvalue weighted by Gasteiger charge is -2.12. The van der Waals surface area contributed by atoms with E-state index in [1.54, 1.807) is 48.8 Å². The monoisotopic (exact) mass is 550 g/mol. The van der Waals surface area contributed by atoms with Gasteiger partial charge < -0.3 is 30.3 Å². The molecule has 0 saturated carbocycles. The maximum Gasteiger partial charge on any atom is 0.299 e. The number of aliphatic hydroxyl groups is 2. The number of aliphatic hydroxyl groups excluding tert-OH is 2. The average molecular weight is 550 g/mol. The Morgan fingerprint density at radius 3 is 1.60 bits per heavy atom. The Morgan fingerprint density at radius 2 is 1.20 bits per heavy atom. The molecule has 0 radical (unpaired) electrons. The van der Waals surface area contributed by atoms with Gasteiger partial charge in [-0.1, -0.05) is 12.1 Å². The van der Waals surface area contributed by atoms with Crippen LogP contribution in [0.5, 0.6) is 11.8 Å². The van der Waals surface area contributed by atoms with Gasteiger partial charge in [-0.2, -0.15) is 0 Å². The van der Waals surface area contributed by atoms with Gasteiger partial charge in [0.1, 0.15) is 36.0 Å². The number of benzene rings is 1. The molecule has 40 heavy (non-hydrogen) atoms. The van der Waals surface area contributed by atoms with Gasteiger partial charge in [0, 0.05) is 12.4 Å². The highest BCUT2D eigenvalue weighted by molar-refractivity contribution is 5.90. The number of pyridine rings is 2. The summed E-state index contributed by atoms with van der Waals surface area (Å²) in [6.45, 7) is -0.753. The first-order valence-electron chi connectivity index (χ1n) is 11.8. The van der Waals surface area contributed by atoms with Gasteiger partial charge in [0.05, 0.1) is 40.2 Å². The molecule has 0 aliphatic carbocycles. The maximum atomic E-state index is 12.0. The van der Waals surface area contributed by atoms with E-state index >= 15 is 0 Å². The van der Waals surface area contributed by atoms with Crippen molar-refractivity contribution in [2.45, 2.75) is 0 Å². The molecule has 0 unspecified atom stereocenters. The van der Waals surface area contributed by atoms with Gasteiger partial charge in [0.2, 0.25) is 0 Å². The maximum absolute atomic E-state index is 12.0. The molecule has 0 amide bonds. The Balaban J connectivity index is 1.65. The van der Waals surface area contributed by atoms with Crippen LogP contribution in [0.3, 0.4) is 0 Å². The van der Waals surface area contributed by atoms with Gasteiger partial charge in [-0.05, 0) is 30.3 Å². The number of nitro benzene ring substituents is 2. The van der Waals surface area contributed by atoms with Crippen LogP contribution in [0.15, 0.2) is 60.9 Å². The van der Waals surface area contributed by atoms with Gasteiger partial charge in [-0.15, -0.1) is 10.2 Å². The molecule has 0 aliphatic heterocycles. The lowest BCUT2D eigenvalue weighted by molar-refractivity contribution is -0.393. The van der Waals surface area contributed by atoms with Gasteiger partial charge in [0.25, 0.3) is 23.1 Å². The molecule has 206 valence electrons. The molecule has 5 rings (SSSR count). The fraction of sp³-hybridized carbons (Fsp3) is 0.167. The highest BCUT2D eigenvalue weighted by Gasteiger charge is 2.28. The minimum Gasteiger partial charge on any atom is -0.473 e. The lowest BCUT2D eigenvalue weighted by Crippen LogP contribution is -2.06. The minimum atomic E-state index is -0.746. The molecule has 4 heterocycles. The van der Waals surface area contributed by atoms with Crippen LogP contribution < -0.4 is 20.1 Å². The topological polar surface area (TPSA) is 204 Å². The zero-order valence-corrected chi connectivity index (χ0v) is 20.6. The zero-order chi connectivity index (χ0) is 28.2. The lowest BCUT2D eigenvalue weighted by atomic mass is 10.2. The highest BCUT2D eigenvalue weighted by Crippen LogP contribution is 2.43. The predicted molar refractivity (Wildman–Crippen MR) is 142 cm³/mol. The Hall–Kier alpha value is -5.48. The summed E-state index contributed by atoms with van der Waals surface area (Å²) in [6, 6.07) is 12.4. The highest BCUT2D eigenvalue weighted by atomic mass is 16.6. The molecular weight excluding hydrogens is 528 g/mol. The average Bonchev–Trinajstić information content (AvgIpc) is 3.48. The van der Waals surface area contributed by atoms with E-state index in [1.165, 1.54) is 15.1 Å². The first-order chi connectivity index (χ1) is 19.4. The van der Waals surface area contributed by atoms with E-state index in [2.05, 4.69) is 20.8 Å². The molecule has 4 aromatic heterocycles. The summed E-state index contributed by atoms with van der Waals surface area (Å²) in [5, 5.41) is 56.9. The smallest absolute Gasteiger partial charge is 0.299 e. The Bertz CT molecular complexity index is 1600. The van der Waals surface area contributed by atoms with Crippen LogP contribution in [-0.2, 0) is 0 Å². The molecule has 1 aromatic carbocycles. The Morgan fingerprint density at radius 1 is 0.750 bits per heavy atom. The summed E-state index contributed by atoms with van der Waals surface area (Å²) >= 11 is 0. The van der Waals surface area contributed by atoms with Crippen LogP contribution in [0, 0.1) is 20.2 Å². The molecule has 0 atom stereocenters. The number of hydrogen-bond acceptors (Lipinski definition) is 12. The summed E-state index contributed by atoms with van der Waals surface area (Å²) in [5.41, 5.74) is 0.161. The summed E-state index contributed by atoms with van der Waals surface area (Å²) in [4.78, 5) is 22.5. The number of aromatic nitrogens is 4. The van der Waals surface area contributed by atoms with Crippen molar-refractivity contribution >= 4 is 45.2 Å². The van der Waals surface area contributed by atoms with Crippen LogP contribution in [-0.4, -0.2) is 65.7 Å². The number of hydrogen-bond donors (Lipinski definition) is 4. The SMILES string of the molecule is O=[N+]([O-])c1cc([N+](=O)[O-])c(Nc2c(OCCO)nn3ccccc23)cc1Nc1c(OCCO)nn2ccccc12. The number of nitrogens with one attached hydrogen (secondary N) is 2. The van der Waals surface area contributed by atoms with E-state index < -0.39 is 21.2 Å². The van der Waals surface area contributed by atoms with Crippen LogP contribution in [0.1, 0.15) is 0 Å². The Kier molecular flexibility index (Phi) is 7.25. The van der Waals surface area contributed by atoms with Crippen molar-refractivity contribution in [3.8, 4) is 11.8 Å². The first-order valence-corrected chi connectivity index (χ1v) is 11.8. The second kappa shape index (κ2) is 11.1. The molecule has 0 aliphatic rings. The van der Waals surface area contributed by atoms with Gasteiger partial charge in [0.15, 0.2) is 0 Å². The summed E-state index contributed by atoms with van der Waals surface area (Å²) in [5.74, 6) is 0.120. The van der Waals surface area contributed by atoms with E-state index in [9.17, 15) is 30.4 Å². The van der Waals surface area contributed by atoms with Crippen LogP contribution in [0.2, 0.25) is 0 Å². The van der Waals surface area contributed by atoms with Crippen molar-refractivity contribution in [3.05, 3.63) is 81.2 Å². The van der Waals surface area contributed by atoms with Gasteiger partial charge >= 0.3 is 0 Å². The molecule has 0 spiro atoms. The number of nitro groups is 2. The summed E-state index contributed by atoms with van der Waals surface area (Å²) in [7, 11) is 0. The third kappa shape index (κ3) is 4.98. The molecule has 0 saturated heterocycles. The third-order valence-electron chi connectivity index (χ3n) is 5.70. The summed E-state index contributed by atoms with van der Waals surface area (Å²) < 4.78 is 14.0. The van der Waals surface area contributed by atoms with E-state index in [4.69, 9.17) is 9.47 Å². The third-order valence-corrected chi connectivity index (χ3v) is 5.70. The van der Waals surface area contributed by atoms with Crippen LogP contribution in [0.4, 0.5) is 34.1 Å². The fourth-order valence-electron chi connectivity index (χ4n) is 4.02. The number of rotatable bonds is 12. The second-order valence-electron chi connectivity index (χ2n) is 8.22. The second-order valence-corrected chi connectivity index (χ2v) is 8.22. The fourth-order valence-corrected chi connectivity index (χ4v) is 4.02. The zero-order valence-electron chi connectivity index (χ0n) is 20.6. The van der Waals surface area contributed by atoms with Crippen LogP contribution >= 0.6 is 0 Å². The van der Waals surface area contributed by atoms with Crippen molar-refractivity contribution < 1.29 is 29.5 Å². The number of fused-ring (bicyclic) bond motifs is 2. The number of nitrogens with zero attached hydrogens (tertiary/aromatic N) is 6. The number of anilines is 4. The normalized spacial score (nSPS) is 11.1. The van der Waals surface area contributed by atoms with Crippen molar-refractivity contribution in [2.75, 3.05) is 37.1 Å². The molecule has 16 nitrogen and oxygen atoms in total. The van der Waals surface area contributed by atoms with Gasteiger partial charge in [-0.25, -0.2) is 9.03 Å². The van der Waals surface area contributed by atoms with Gasteiger partial charge in [-0.3, -0.25) is 20.2 Å². The quantitative estimate of drug-likeness (QED) is 0.131. The van der Waals surface area contributed by atoms with Crippen molar-refractivity contribution in [1.29, 1.82) is 0 Å². The largest absolute Gasteiger partial charge is 0.473 e. The van der Waals surface area contributed by atoms with E-state index in [-0.39, 0.29) is 60.9 Å². The molecule has 16 heteroatoms. The van der Waals surface area contributed by atoms with Crippen molar-refractivity contribution in [2.24, 2.45) is 0 Å². The molecular formula is C24H22N8O8. The Labute approximate surface area is 224 Å². The van der Waals surface area contributed by atoms with Crippen LogP contribution in [0.25, 0.3) is 11.0 Å². The molecule has 0 bridgehead atoms. The van der Waals surface area contributed by atoms with Crippen molar-refractivity contribution in [3.63, 3.8) is 0 Å². The van der Waals surface area contributed by atoms with E-state index in [1.807, 2.05) is 0 Å².